The largest absolute Gasteiger partial charge is 0.307 e. The number of benzene rings is 1. The summed E-state index contributed by atoms with van der Waals surface area (Å²) in [7, 11) is 0. The van der Waals surface area contributed by atoms with Gasteiger partial charge in [-0.1, -0.05) is 28.1 Å². The van der Waals surface area contributed by atoms with Crippen LogP contribution < -0.4 is 0 Å². The molecule has 0 fully saturated rings. The van der Waals surface area contributed by atoms with Gasteiger partial charge >= 0.3 is 0 Å². The second-order valence-electron chi connectivity index (χ2n) is 4.05. The minimum absolute atomic E-state index is 0.285. The molecule has 17 heavy (non-hydrogen) atoms. The summed E-state index contributed by atoms with van der Waals surface area (Å²) in [5, 5.41) is 8.35. The van der Waals surface area contributed by atoms with E-state index in [0.717, 1.165) is 21.7 Å². The van der Waals surface area contributed by atoms with Crippen molar-refractivity contribution in [1.82, 2.24) is 14.8 Å². The summed E-state index contributed by atoms with van der Waals surface area (Å²) < 4.78 is 3.09. The monoisotopic (exact) mass is 313 g/mol. The Morgan fingerprint density at radius 3 is 2.71 bits per heavy atom. The number of aromatic nitrogens is 3. The molecule has 2 aromatic rings. The van der Waals surface area contributed by atoms with Crippen LogP contribution >= 0.6 is 27.5 Å². The molecule has 1 heterocycles. The van der Waals surface area contributed by atoms with Crippen LogP contribution in [0.4, 0.5) is 0 Å². The predicted molar refractivity (Wildman–Crippen MR) is 73.1 cm³/mol. The van der Waals surface area contributed by atoms with Gasteiger partial charge in [0.1, 0.15) is 5.82 Å². The maximum atomic E-state index is 5.88. The molecular formula is C12H13BrClN3. The van der Waals surface area contributed by atoms with Crippen molar-refractivity contribution in [2.24, 2.45) is 0 Å². The fraction of sp³-hybridized carbons (Fsp3) is 0.333. The zero-order valence-electron chi connectivity index (χ0n) is 9.69. The van der Waals surface area contributed by atoms with Crippen molar-refractivity contribution in [3.63, 3.8) is 0 Å². The van der Waals surface area contributed by atoms with Gasteiger partial charge in [0.15, 0.2) is 5.82 Å². The molecule has 0 aliphatic heterocycles. The van der Waals surface area contributed by atoms with Gasteiger partial charge in [-0.25, -0.2) is 0 Å². The third-order valence-electron chi connectivity index (χ3n) is 2.49. The smallest absolute Gasteiger partial charge is 0.164 e. The molecule has 0 saturated carbocycles. The first kappa shape index (κ1) is 12.6. The number of hydrogen-bond donors (Lipinski definition) is 0. The van der Waals surface area contributed by atoms with E-state index < -0.39 is 0 Å². The van der Waals surface area contributed by atoms with Crippen molar-refractivity contribution in [1.29, 1.82) is 0 Å². The van der Waals surface area contributed by atoms with Crippen LogP contribution in [0.1, 0.15) is 25.7 Å². The second-order valence-corrected chi connectivity index (χ2v) is 5.23. The van der Waals surface area contributed by atoms with Crippen LogP contribution in [0, 0.1) is 0 Å². The van der Waals surface area contributed by atoms with Crippen LogP contribution in [-0.4, -0.2) is 14.8 Å². The topological polar surface area (TPSA) is 30.7 Å². The number of hydrogen-bond acceptors (Lipinski definition) is 2. The number of halogens is 2. The lowest BCUT2D eigenvalue weighted by atomic mass is 10.2. The van der Waals surface area contributed by atoms with Crippen molar-refractivity contribution in [3.05, 3.63) is 34.6 Å². The first-order valence-corrected chi connectivity index (χ1v) is 6.72. The van der Waals surface area contributed by atoms with Crippen molar-refractivity contribution < 1.29 is 0 Å². The molecule has 0 radical (unpaired) electrons. The van der Waals surface area contributed by atoms with E-state index in [1.807, 2.05) is 24.3 Å². The van der Waals surface area contributed by atoms with Gasteiger partial charge in [-0.05, 0) is 26.0 Å². The summed E-state index contributed by atoms with van der Waals surface area (Å²) in [5.41, 5.74) is 1.04. The van der Waals surface area contributed by atoms with E-state index in [1.54, 1.807) is 0 Å². The van der Waals surface area contributed by atoms with Crippen molar-refractivity contribution in [2.75, 3.05) is 0 Å². The van der Waals surface area contributed by atoms with Crippen LogP contribution in [0.3, 0.4) is 0 Å². The summed E-state index contributed by atoms with van der Waals surface area (Å²) >= 11 is 9.34. The molecule has 0 unspecified atom stereocenters. The summed E-state index contributed by atoms with van der Waals surface area (Å²) in [5.74, 6) is 2.03. The van der Waals surface area contributed by atoms with Gasteiger partial charge < -0.3 is 4.57 Å². The Balaban J connectivity index is 2.56. The molecule has 5 heteroatoms. The van der Waals surface area contributed by atoms with E-state index >= 15 is 0 Å². The van der Waals surface area contributed by atoms with E-state index in [1.165, 1.54) is 0 Å². The fourth-order valence-corrected chi connectivity index (χ4v) is 2.36. The molecule has 0 N–H and O–H groups in total. The van der Waals surface area contributed by atoms with Crippen LogP contribution in [-0.2, 0) is 5.88 Å². The lowest BCUT2D eigenvalue weighted by Gasteiger charge is -2.13. The standard InChI is InChI=1S/C12H13BrClN3/c1-8(2)17-11(7-14)15-16-12(17)9-4-3-5-10(13)6-9/h3-6,8H,7H2,1-2H3. The zero-order chi connectivity index (χ0) is 12.4. The molecule has 1 aromatic carbocycles. The predicted octanol–water partition coefficient (Wildman–Crippen LogP) is 4.03. The third kappa shape index (κ3) is 2.53. The summed E-state index contributed by atoms with van der Waals surface area (Å²) in [6.07, 6.45) is 0. The molecule has 0 amide bonds. The number of nitrogens with zero attached hydrogens (tertiary/aromatic N) is 3. The molecule has 0 aliphatic carbocycles. The van der Waals surface area contributed by atoms with Gasteiger partial charge in [-0.15, -0.1) is 21.8 Å². The molecule has 0 aliphatic rings. The Kier molecular flexibility index (Phi) is 3.84. The average molecular weight is 315 g/mol. The lowest BCUT2D eigenvalue weighted by molar-refractivity contribution is 0.585. The first-order valence-electron chi connectivity index (χ1n) is 5.39. The molecule has 1 aromatic heterocycles. The Labute approximate surface area is 114 Å². The molecule has 2 rings (SSSR count). The highest BCUT2D eigenvalue weighted by atomic mass is 79.9. The van der Waals surface area contributed by atoms with E-state index in [9.17, 15) is 0 Å². The van der Waals surface area contributed by atoms with E-state index in [4.69, 9.17) is 11.6 Å². The van der Waals surface area contributed by atoms with Crippen LogP contribution in [0.15, 0.2) is 28.7 Å². The van der Waals surface area contributed by atoms with Crippen molar-refractivity contribution in [2.45, 2.75) is 25.8 Å². The molecule has 0 atom stereocenters. The van der Waals surface area contributed by atoms with Crippen LogP contribution in [0.5, 0.6) is 0 Å². The molecule has 0 bridgehead atoms. The summed E-state index contributed by atoms with van der Waals surface area (Å²) in [6.45, 7) is 4.20. The van der Waals surface area contributed by atoms with E-state index in [0.29, 0.717) is 5.88 Å². The van der Waals surface area contributed by atoms with E-state index in [2.05, 4.69) is 44.5 Å². The Bertz CT molecular complexity index is 522. The number of alkyl halides is 1. The van der Waals surface area contributed by atoms with Gasteiger partial charge in [0.25, 0.3) is 0 Å². The van der Waals surface area contributed by atoms with Crippen molar-refractivity contribution in [3.8, 4) is 11.4 Å². The Morgan fingerprint density at radius 2 is 2.12 bits per heavy atom. The quantitative estimate of drug-likeness (QED) is 0.801. The lowest BCUT2D eigenvalue weighted by Crippen LogP contribution is -2.06. The molecule has 0 spiro atoms. The molecular weight excluding hydrogens is 302 g/mol. The number of rotatable bonds is 3. The molecule has 0 saturated heterocycles. The average Bonchev–Trinajstić information content (AvgIpc) is 2.72. The van der Waals surface area contributed by atoms with E-state index in [-0.39, 0.29) is 6.04 Å². The maximum Gasteiger partial charge on any atom is 0.164 e. The van der Waals surface area contributed by atoms with Gasteiger partial charge in [-0.2, -0.15) is 0 Å². The highest BCUT2D eigenvalue weighted by Crippen LogP contribution is 2.25. The normalized spacial score (nSPS) is 11.1. The van der Waals surface area contributed by atoms with Gasteiger partial charge in [0, 0.05) is 16.1 Å². The van der Waals surface area contributed by atoms with Gasteiger partial charge in [0.2, 0.25) is 0 Å². The van der Waals surface area contributed by atoms with Crippen LogP contribution in [0.2, 0.25) is 0 Å². The van der Waals surface area contributed by atoms with Crippen molar-refractivity contribution >= 4 is 27.5 Å². The first-order chi connectivity index (χ1) is 8.13. The highest BCUT2D eigenvalue weighted by Gasteiger charge is 2.15. The molecule has 3 nitrogen and oxygen atoms in total. The highest BCUT2D eigenvalue weighted by molar-refractivity contribution is 9.10. The second kappa shape index (κ2) is 5.19. The van der Waals surface area contributed by atoms with Gasteiger partial charge in [0.05, 0.1) is 5.88 Å². The third-order valence-corrected chi connectivity index (χ3v) is 3.22. The minimum atomic E-state index is 0.285. The molecule has 90 valence electrons. The van der Waals surface area contributed by atoms with Crippen LogP contribution in [0.25, 0.3) is 11.4 Å². The zero-order valence-corrected chi connectivity index (χ0v) is 12.0. The summed E-state index contributed by atoms with van der Waals surface area (Å²) in [4.78, 5) is 0. The Hall–Kier alpha value is -0.870. The SMILES string of the molecule is CC(C)n1c(CCl)nnc1-c1cccc(Br)c1. The minimum Gasteiger partial charge on any atom is -0.307 e. The summed E-state index contributed by atoms with van der Waals surface area (Å²) in [6, 6.07) is 8.31. The van der Waals surface area contributed by atoms with Gasteiger partial charge in [-0.3, -0.25) is 0 Å². The fourth-order valence-electron chi connectivity index (χ4n) is 1.78. The Morgan fingerprint density at radius 1 is 1.35 bits per heavy atom. The maximum absolute atomic E-state index is 5.88.